The molecule has 0 radical (unpaired) electrons. The minimum atomic E-state index is -0.215. The van der Waals surface area contributed by atoms with Gasteiger partial charge in [-0.1, -0.05) is 49.7 Å². The van der Waals surface area contributed by atoms with Gasteiger partial charge in [0.15, 0.2) is 0 Å². The molecule has 0 saturated heterocycles. The van der Waals surface area contributed by atoms with Gasteiger partial charge >= 0.3 is 0 Å². The number of unbranched alkanes of at least 4 members (excludes halogenated alkanes) is 1. The lowest BCUT2D eigenvalue weighted by molar-refractivity contribution is 0.629. The molecule has 0 N–H and O–H groups in total. The Hall–Kier alpha value is -2.68. The minimum Gasteiger partial charge on any atom is -0.237 e. The second-order valence-corrected chi connectivity index (χ2v) is 6.16. The van der Waals surface area contributed by atoms with Gasteiger partial charge in [-0.3, -0.25) is 0 Å². The summed E-state index contributed by atoms with van der Waals surface area (Å²) in [4.78, 5) is 0. The molecule has 0 aliphatic carbocycles. The van der Waals surface area contributed by atoms with E-state index >= 15 is 0 Å². The van der Waals surface area contributed by atoms with Crippen molar-refractivity contribution in [1.29, 1.82) is 0 Å². The van der Waals surface area contributed by atoms with E-state index in [1.807, 2.05) is 28.8 Å². The summed E-state index contributed by atoms with van der Waals surface area (Å²) < 4.78 is 15.8. The van der Waals surface area contributed by atoms with Crippen LogP contribution >= 0.6 is 0 Å². The topological polar surface area (TPSA) is 17.3 Å². The van der Waals surface area contributed by atoms with Crippen molar-refractivity contribution >= 4 is 16.3 Å². The van der Waals surface area contributed by atoms with Crippen LogP contribution in [0.15, 0.2) is 60.7 Å². The van der Waals surface area contributed by atoms with Crippen LogP contribution in [-0.4, -0.2) is 9.61 Å². The Morgan fingerprint density at radius 3 is 2.62 bits per heavy atom. The van der Waals surface area contributed by atoms with Crippen LogP contribution in [0.25, 0.3) is 27.5 Å². The number of nitrogens with zero attached hydrogens (tertiary/aromatic N) is 2. The second-order valence-electron chi connectivity index (χ2n) is 6.16. The Kier molecular flexibility index (Phi) is 3.77. The van der Waals surface area contributed by atoms with Crippen LogP contribution in [0.3, 0.4) is 0 Å². The lowest BCUT2D eigenvalue weighted by Crippen LogP contribution is -2.00. The summed E-state index contributed by atoms with van der Waals surface area (Å²) in [6.07, 6.45) is 3.22. The van der Waals surface area contributed by atoms with Crippen molar-refractivity contribution in [2.75, 3.05) is 0 Å². The van der Waals surface area contributed by atoms with Crippen molar-refractivity contribution in [2.24, 2.45) is 0 Å². The van der Waals surface area contributed by atoms with Crippen LogP contribution < -0.4 is 0 Å². The molecule has 2 nitrogen and oxygen atoms in total. The summed E-state index contributed by atoms with van der Waals surface area (Å²) in [6, 6.07) is 19.3. The molecule has 0 unspecified atom stereocenters. The molecule has 2 aromatic carbocycles. The van der Waals surface area contributed by atoms with Crippen LogP contribution in [-0.2, 0) is 6.42 Å². The van der Waals surface area contributed by atoms with Gasteiger partial charge in [-0.15, -0.1) is 0 Å². The van der Waals surface area contributed by atoms with E-state index in [0.717, 1.165) is 46.8 Å². The number of aryl methyl sites for hydroxylation is 1. The van der Waals surface area contributed by atoms with Crippen molar-refractivity contribution in [2.45, 2.75) is 26.2 Å². The van der Waals surface area contributed by atoms with Crippen LogP contribution in [0.4, 0.5) is 4.39 Å². The minimum absolute atomic E-state index is 0.215. The van der Waals surface area contributed by atoms with Crippen LogP contribution in [0, 0.1) is 5.82 Å². The molecule has 4 aromatic rings. The van der Waals surface area contributed by atoms with Gasteiger partial charge in [-0.05, 0) is 42.5 Å². The standard InChI is InChI=1S/C21H19FN2/c1-2-3-9-18-12-16-10-11-17(22)13-19(16)21-14-20(23-24(18)21)15-7-5-4-6-8-15/h4-8,10-14H,2-3,9H2,1H3. The maximum Gasteiger partial charge on any atom is 0.123 e. The molecular weight excluding hydrogens is 299 g/mol. The summed E-state index contributed by atoms with van der Waals surface area (Å²) in [5, 5.41) is 6.78. The molecule has 0 atom stereocenters. The van der Waals surface area contributed by atoms with E-state index in [4.69, 9.17) is 5.10 Å². The molecule has 0 spiro atoms. The van der Waals surface area contributed by atoms with Crippen molar-refractivity contribution in [3.63, 3.8) is 0 Å². The number of rotatable bonds is 4. The van der Waals surface area contributed by atoms with Gasteiger partial charge in [0.05, 0.1) is 11.2 Å². The first-order chi connectivity index (χ1) is 11.8. The first kappa shape index (κ1) is 14.9. The molecule has 0 amide bonds. The highest BCUT2D eigenvalue weighted by Gasteiger charge is 2.12. The number of hydrogen-bond acceptors (Lipinski definition) is 1. The number of aromatic nitrogens is 2. The first-order valence-corrected chi connectivity index (χ1v) is 8.42. The molecule has 0 aliphatic heterocycles. The summed E-state index contributed by atoms with van der Waals surface area (Å²) in [5.74, 6) is -0.215. The van der Waals surface area contributed by atoms with Gasteiger partial charge in [0.1, 0.15) is 5.82 Å². The van der Waals surface area contributed by atoms with Crippen molar-refractivity contribution in [3.05, 3.63) is 72.2 Å². The van der Waals surface area contributed by atoms with Crippen molar-refractivity contribution in [3.8, 4) is 11.3 Å². The average molecular weight is 318 g/mol. The fraction of sp³-hybridized carbons (Fsp3) is 0.190. The van der Waals surface area contributed by atoms with Gasteiger partial charge < -0.3 is 0 Å². The summed E-state index contributed by atoms with van der Waals surface area (Å²) in [7, 11) is 0. The Labute approximate surface area is 140 Å². The lowest BCUT2D eigenvalue weighted by atomic mass is 10.1. The number of hydrogen-bond donors (Lipinski definition) is 0. The second kappa shape index (κ2) is 6.08. The smallest absolute Gasteiger partial charge is 0.123 e. The molecule has 0 saturated carbocycles. The van der Waals surface area contributed by atoms with E-state index in [9.17, 15) is 4.39 Å². The zero-order chi connectivity index (χ0) is 16.5. The van der Waals surface area contributed by atoms with Crippen molar-refractivity contribution in [1.82, 2.24) is 9.61 Å². The van der Waals surface area contributed by atoms with E-state index < -0.39 is 0 Å². The summed E-state index contributed by atoms with van der Waals surface area (Å²) in [5.41, 5.74) is 4.14. The normalized spacial score (nSPS) is 11.4. The van der Waals surface area contributed by atoms with Crippen LogP contribution in [0.1, 0.15) is 25.5 Å². The van der Waals surface area contributed by atoms with E-state index in [0.29, 0.717) is 0 Å². The number of pyridine rings is 1. The zero-order valence-electron chi connectivity index (χ0n) is 13.7. The van der Waals surface area contributed by atoms with E-state index in [1.165, 1.54) is 11.8 Å². The fourth-order valence-electron chi connectivity index (χ4n) is 3.19. The lowest BCUT2D eigenvalue weighted by Gasteiger charge is -2.08. The predicted octanol–water partition coefficient (Wildman–Crippen LogP) is 5.64. The van der Waals surface area contributed by atoms with Gasteiger partial charge in [0.25, 0.3) is 0 Å². The molecule has 2 heterocycles. The molecule has 2 aromatic heterocycles. The van der Waals surface area contributed by atoms with Crippen molar-refractivity contribution < 1.29 is 4.39 Å². The largest absolute Gasteiger partial charge is 0.237 e. The Morgan fingerprint density at radius 2 is 1.83 bits per heavy atom. The highest BCUT2D eigenvalue weighted by Crippen LogP contribution is 2.28. The zero-order valence-corrected chi connectivity index (χ0v) is 13.7. The summed E-state index contributed by atoms with van der Waals surface area (Å²) in [6.45, 7) is 2.19. The molecule has 3 heteroatoms. The molecular formula is C21H19FN2. The predicted molar refractivity (Wildman–Crippen MR) is 96.7 cm³/mol. The molecule has 24 heavy (non-hydrogen) atoms. The quantitative estimate of drug-likeness (QED) is 0.476. The van der Waals surface area contributed by atoms with E-state index in [2.05, 4.69) is 31.2 Å². The Bertz CT molecular complexity index is 1000. The number of benzene rings is 2. The van der Waals surface area contributed by atoms with Gasteiger partial charge in [0, 0.05) is 16.6 Å². The highest BCUT2D eigenvalue weighted by atomic mass is 19.1. The summed E-state index contributed by atoms with van der Waals surface area (Å²) >= 11 is 0. The maximum absolute atomic E-state index is 13.8. The van der Waals surface area contributed by atoms with Gasteiger partial charge in [-0.2, -0.15) is 5.10 Å². The monoisotopic (exact) mass is 318 g/mol. The Balaban J connectivity index is 2.00. The third-order valence-corrected chi connectivity index (χ3v) is 4.45. The molecule has 120 valence electrons. The van der Waals surface area contributed by atoms with E-state index in [1.54, 1.807) is 6.07 Å². The Morgan fingerprint density at radius 1 is 1.00 bits per heavy atom. The number of halogens is 1. The van der Waals surface area contributed by atoms with Crippen LogP contribution in [0.5, 0.6) is 0 Å². The van der Waals surface area contributed by atoms with Gasteiger partial charge in [0.2, 0.25) is 0 Å². The highest BCUT2D eigenvalue weighted by molar-refractivity contribution is 5.97. The third-order valence-electron chi connectivity index (χ3n) is 4.45. The molecule has 0 fully saturated rings. The third kappa shape index (κ3) is 2.56. The SMILES string of the molecule is CCCCc1cc2ccc(F)cc2c2cc(-c3ccccc3)nn12. The molecule has 0 bridgehead atoms. The molecule has 4 rings (SSSR count). The van der Waals surface area contributed by atoms with E-state index in [-0.39, 0.29) is 5.82 Å². The average Bonchev–Trinajstić information content (AvgIpc) is 3.06. The van der Waals surface area contributed by atoms with Gasteiger partial charge in [-0.25, -0.2) is 8.91 Å². The fourth-order valence-corrected chi connectivity index (χ4v) is 3.19. The number of fused-ring (bicyclic) bond motifs is 3. The molecule has 0 aliphatic rings. The van der Waals surface area contributed by atoms with Crippen LogP contribution in [0.2, 0.25) is 0 Å². The first-order valence-electron chi connectivity index (χ1n) is 8.42. The maximum atomic E-state index is 13.8.